The monoisotopic (exact) mass is 280 g/mol. The van der Waals surface area contributed by atoms with Crippen molar-refractivity contribution in [1.29, 1.82) is 0 Å². The summed E-state index contributed by atoms with van der Waals surface area (Å²) in [6.07, 6.45) is 0.537. The van der Waals surface area contributed by atoms with E-state index in [4.69, 9.17) is 22.7 Å². The number of thiocarbonyl (C=S) groups is 1. The second-order valence-corrected chi connectivity index (χ2v) is 5.06. The number of hydrogen-bond donors (Lipinski definition) is 1. The van der Waals surface area contributed by atoms with Gasteiger partial charge in [0, 0.05) is 24.6 Å². The minimum absolute atomic E-state index is 0.0195. The van der Waals surface area contributed by atoms with Crippen LogP contribution in [0.15, 0.2) is 24.3 Å². The Morgan fingerprint density at radius 2 is 1.95 bits per heavy atom. The highest BCUT2D eigenvalue weighted by Crippen LogP contribution is 2.14. The summed E-state index contributed by atoms with van der Waals surface area (Å²) in [4.78, 5) is 14.6. The predicted octanol–water partition coefficient (Wildman–Crippen LogP) is 2.22. The Balaban J connectivity index is 2.82. The lowest BCUT2D eigenvalue weighted by molar-refractivity contribution is 0.0711. The highest BCUT2D eigenvalue weighted by molar-refractivity contribution is 7.80. The van der Waals surface area contributed by atoms with Crippen molar-refractivity contribution in [2.75, 3.05) is 13.7 Å². The highest BCUT2D eigenvalue weighted by Gasteiger charge is 2.18. The Bertz CT molecular complexity index is 443. The first kappa shape index (κ1) is 15.4. The van der Waals surface area contributed by atoms with Gasteiger partial charge >= 0.3 is 0 Å². The largest absolute Gasteiger partial charge is 0.497 e. The third-order valence-corrected chi connectivity index (χ3v) is 3.02. The molecule has 0 saturated heterocycles. The lowest BCUT2D eigenvalue weighted by Gasteiger charge is -2.26. The van der Waals surface area contributed by atoms with Crippen LogP contribution in [0.25, 0.3) is 0 Å². The van der Waals surface area contributed by atoms with Crippen LogP contribution < -0.4 is 10.5 Å². The van der Waals surface area contributed by atoms with Gasteiger partial charge in [-0.2, -0.15) is 0 Å². The molecular weight excluding hydrogens is 260 g/mol. The smallest absolute Gasteiger partial charge is 0.254 e. The summed E-state index contributed by atoms with van der Waals surface area (Å²) in [7, 11) is 1.60. The molecule has 0 unspecified atom stereocenters. The molecule has 104 valence electrons. The van der Waals surface area contributed by atoms with Crippen molar-refractivity contribution in [3.8, 4) is 5.75 Å². The highest BCUT2D eigenvalue weighted by atomic mass is 32.1. The van der Waals surface area contributed by atoms with Crippen LogP contribution in [0.1, 0.15) is 30.6 Å². The third kappa shape index (κ3) is 4.52. The molecule has 1 rings (SSSR count). The fourth-order valence-electron chi connectivity index (χ4n) is 1.72. The molecule has 2 N–H and O–H groups in total. The summed E-state index contributed by atoms with van der Waals surface area (Å²) in [5, 5.41) is 0. The van der Waals surface area contributed by atoms with E-state index in [0.29, 0.717) is 23.5 Å². The molecule has 0 spiro atoms. The lowest BCUT2D eigenvalue weighted by Crippen LogP contribution is -2.38. The molecule has 0 aliphatic carbocycles. The number of ether oxygens (including phenoxy) is 1. The zero-order chi connectivity index (χ0) is 14.4. The van der Waals surface area contributed by atoms with E-state index < -0.39 is 0 Å². The van der Waals surface area contributed by atoms with Crippen molar-refractivity contribution in [2.24, 2.45) is 5.73 Å². The number of benzene rings is 1. The summed E-state index contributed by atoms with van der Waals surface area (Å²) in [5.41, 5.74) is 6.13. The maximum Gasteiger partial charge on any atom is 0.254 e. The third-order valence-electron chi connectivity index (χ3n) is 2.82. The number of nitrogens with two attached hydrogens (primary N) is 1. The SMILES string of the molecule is COc1ccc(C(=O)N(CCC(N)=S)C(C)C)cc1. The molecule has 4 nitrogen and oxygen atoms in total. The van der Waals surface area contributed by atoms with Crippen LogP contribution in [0.3, 0.4) is 0 Å². The molecule has 1 aromatic rings. The van der Waals surface area contributed by atoms with Gasteiger partial charge in [-0.3, -0.25) is 4.79 Å². The fourth-order valence-corrected chi connectivity index (χ4v) is 1.82. The maximum atomic E-state index is 12.4. The standard InChI is InChI=1S/C14H20N2O2S/c1-10(2)16(9-8-13(15)19)14(17)11-4-6-12(18-3)7-5-11/h4-7,10H,8-9H2,1-3H3,(H2,15,19). The molecular formula is C14H20N2O2S. The van der Waals surface area contributed by atoms with Crippen molar-refractivity contribution in [3.63, 3.8) is 0 Å². The van der Waals surface area contributed by atoms with Crippen molar-refractivity contribution < 1.29 is 9.53 Å². The molecule has 0 saturated carbocycles. The van der Waals surface area contributed by atoms with Gasteiger partial charge in [0.25, 0.3) is 5.91 Å². The summed E-state index contributed by atoms with van der Waals surface area (Å²) < 4.78 is 5.08. The average molecular weight is 280 g/mol. The van der Waals surface area contributed by atoms with E-state index in [1.54, 1.807) is 36.3 Å². The topological polar surface area (TPSA) is 55.6 Å². The first-order chi connectivity index (χ1) is 8.95. The van der Waals surface area contributed by atoms with E-state index in [-0.39, 0.29) is 11.9 Å². The number of hydrogen-bond acceptors (Lipinski definition) is 3. The van der Waals surface area contributed by atoms with Gasteiger partial charge in [0.1, 0.15) is 5.75 Å². The molecule has 0 heterocycles. The van der Waals surface area contributed by atoms with Crippen molar-refractivity contribution in [1.82, 2.24) is 4.90 Å². The van der Waals surface area contributed by atoms with Crippen LogP contribution >= 0.6 is 12.2 Å². The van der Waals surface area contributed by atoms with Gasteiger partial charge in [-0.1, -0.05) is 12.2 Å². The first-order valence-electron chi connectivity index (χ1n) is 6.19. The van der Waals surface area contributed by atoms with Gasteiger partial charge in [-0.25, -0.2) is 0 Å². The quantitative estimate of drug-likeness (QED) is 0.812. The number of amides is 1. The summed E-state index contributed by atoms with van der Waals surface area (Å²) in [5.74, 6) is 0.713. The van der Waals surface area contributed by atoms with Gasteiger partial charge in [-0.05, 0) is 38.1 Å². The van der Waals surface area contributed by atoms with Gasteiger partial charge in [0.2, 0.25) is 0 Å². The molecule has 0 aromatic heterocycles. The summed E-state index contributed by atoms with van der Waals surface area (Å²) >= 11 is 4.86. The van der Waals surface area contributed by atoms with E-state index in [0.717, 1.165) is 5.75 Å². The minimum atomic E-state index is -0.0195. The molecule has 0 fully saturated rings. The van der Waals surface area contributed by atoms with Gasteiger partial charge in [0.15, 0.2) is 0 Å². The number of rotatable bonds is 6. The molecule has 1 aromatic carbocycles. The first-order valence-corrected chi connectivity index (χ1v) is 6.60. The van der Waals surface area contributed by atoms with Crippen LogP contribution in [0.2, 0.25) is 0 Å². The lowest BCUT2D eigenvalue weighted by atomic mass is 10.1. The Kier molecular flexibility index (Phi) is 5.76. The van der Waals surface area contributed by atoms with E-state index in [2.05, 4.69) is 0 Å². The Labute approximate surface area is 119 Å². The minimum Gasteiger partial charge on any atom is -0.497 e. The van der Waals surface area contributed by atoms with Crippen LogP contribution in [0.5, 0.6) is 5.75 Å². The zero-order valence-corrected chi connectivity index (χ0v) is 12.4. The maximum absolute atomic E-state index is 12.4. The summed E-state index contributed by atoms with van der Waals surface area (Å²) in [6.45, 7) is 4.49. The number of carbonyl (C=O) groups excluding carboxylic acids is 1. The predicted molar refractivity (Wildman–Crippen MR) is 80.6 cm³/mol. The molecule has 0 aliphatic rings. The molecule has 19 heavy (non-hydrogen) atoms. The fraction of sp³-hybridized carbons (Fsp3) is 0.429. The van der Waals surface area contributed by atoms with Gasteiger partial charge in [0.05, 0.1) is 12.1 Å². The second kappa shape index (κ2) is 7.09. The molecule has 0 aliphatic heterocycles. The van der Waals surface area contributed by atoms with Crippen LogP contribution in [-0.2, 0) is 0 Å². The van der Waals surface area contributed by atoms with Crippen LogP contribution in [-0.4, -0.2) is 35.5 Å². The Morgan fingerprint density at radius 3 is 2.37 bits per heavy atom. The van der Waals surface area contributed by atoms with Crippen LogP contribution in [0.4, 0.5) is 0 Å². The van der Waals surface area contributed by atoms with E-state index >= 15 is 0 Å². The molecule has 0 atom stereocenters. The molecule has 0 bridgehead atoms. The molecule has 0 radical (unpaired) electrons. The Hall–Kier alpha value is -1.62. The molecule has 1 amide bonds. The average Bonchev–Trinajstić information content (AvgIpc) is 2.38. The van der Waals surface area contributed by atoms with Crippen molar-refractivity contribution in [3.05, 3.63) is 29.8 Å². The Morgan fingerprint density at radius 1 is 1.37 bits per heavy atom. The van der Waals surface area contributed by atoms with E-state index in [9.17, 15) is 4.79 Å². The normalized spacial score (nSPS) is 10.3. The molecule has 5 heteroatoms. The van der Waals surface area contributed by atoms with Gasteiger partial charge in [-0.15, -0.1) is 0 Å². The van der Waals surface area contributed by atoms with Crippen LogP contribution in [0, 0.1) is 0 Å². The summed E-state index contributed by atoms with van der Waals surface area (Å²) in [6, 6.07) is 7.18. The van der Waals surface area contributed by atoms with E-state index in [1.165, 1.54) is 0 Å². The second-order valence-electron chi connectivity index (χ2n) is 4.54. The van der Waals surface area contributed by atoms with Crippen molar-refractivity contribution in [2.45, 2.75) is 26.3 Å². The number of carbonyl (C=O) groups is 1. The van der Waals surface area contributed by atoms with E-state index in [1.807, 2.05) is 13.8 Å². The van der Waals surface area contributed by atoms with Crippen molar-refractivity contribution >= 4 is 23.1 Å². The number of methoxy groups -OCH3 is 1. The zero-order valence-electron chi connectivity index (χ0n) is 11.6. The number of nitrogens with zero attached hydrogens (tertiary/aromatic N) is 1. The van der Waals surface area contributed by atoms with Gasteiger partial charge < -0.3 is 15.4 Å².